The minimum Gasteiger partial charge on any atom is -0.476 e. The van der Waals surface area contributed by atoms with Crippen LogP contribution in [0.5, 0.6) is 0 Å². The Balaban J connectivity index is 2.21. The van der Waals surface area contributed by atoms with Gasteiger partial charge < -0.3 is 25.4 Å². The molecule has 0 radical (unpaired) electrons. The average molecular weight is 229 g/mol. The van der Waals surface area contributed by atoms with Gasteiger partial charge in [-0.2, -0.15) is 0 Å². The van der Waals surface area contributed by atoms with Gasteiger partial charge in [0.1, 0.15) is 6.61 Å². The lowest BCUT2D eigenvalue weighted by Crippen LogP contribution is -2.23. The van der Waals surface area contributed by atoms with E-state index in [0.29, 0.717) is 18.8 Å². The van der Waals surface area contributed by atoms with E-state index in [1.807, 2.05) is 0 Å². The molecule has 1 amide bonds. The minimum absolute atomic E-state index is 0.134. The van der Waals surface area contributed by atoms with Crippen LogP contribution in [0.2, 0.25) is 0 Å². The van der Waals surface area contributed by atoms with Crippen molar-refractivity contribution in [2.75, 3.05) is 13.2 Å². The van der Waals surface area contributed by atoms with Gasteiger partial charge in [0.05, 0.1) is 6.54 Å². The number of aromatic carboxylic acids is 1. The molecule has 1 heterocycles. The molecule has 0 aliphatic carbocycles. The van der Waals surface area contributed by atoms with Gasteiger partial charge in [-0.25, -0.2) is 9.59 Å². The van der Waals surface area contributed by atoms with E-state index in [1.54, 1.807) is 0 Å². The van der Waals surface area contributed by atoms with Gasteiger partial charge in [-0.15, -0.1) is 0 Å². The summed E-state index contributed by atoms with van der Waals surface area (Å²) in [4.78, 5) is 20.6. The molecule has 0 aliphatic rings. The third kappa shape index (κ3) is 3.96. The SMILES string of the molecule is NC(=O)OCCNCc1cc(C(=O)O)no1. The lowest BCUT2D eigenvalue weighted by Gasteiger charge is -2.01. The number of primary amides is 1. The third-order valence-corrected chi connectivity index (χ3v) is 1.60. The molecule has 8 heteroatoms. The van der Waals surface area contributed by atoms with E-state index in [9.17, 15) is 9.59 Å². The minimum atomic E-state index is -1.15. The fourth-order valence-electron chi connectivity index (χ4n) is 0.932. The first kappa shape index (κ1) is 12.0. The zero-order valence-corrected chi connectivity index (χ0v) is 8.30. The van der Waals surface area contributed by atoms with Crippen LogP contribution in [0.25, 0.3) is 0 Å². The zero-order valence-electron chi connectivity index (χ0n) is 8.30. The highest BCUT2D eigenvalue weighted by molar-refractivity contribution is 5.85. The monoisotopic (exact) mass is 229 g/mol. The number of aromatic nitrogens is 1. The van der Waals surface area contributed by atoms with Gasteiger partial charge in [-0.1, -0.05) is 5.16 Å². The summed E-state index contributed by atoms with van der Waals surface area (Å²) >= 11 is 0. The highest BCUT2D eigenvalue weighted by Crippen LogP contribution is 2.02. The summed E-state index contributed by atoms with van der Waals surface area (Å²) in [5.74, 6) is -0.761. The van der Waals surface area contributed by atoms with E-state index >= 15 is 0 Å². The Bertz CT molecular complexity index is 376. The second kappa shape index (κ2) is 5.71. The molecule has 16 heavy (non-hydrogen) atoms. The fourth-order valence-corrected chi connectivity index (χ4v) is 0.932. The Hall–Kier alpha value is -2.09. The quantitative estimate of drug-likeness (QED) is 0.564. The number of carboxylic acids is 1. The van der Waals surface area contributed by atoms with Crippen molar-refractivity contribution in [2.45, 2.75) is 6.54 Å². The molecule has 8 nitrogen and oxygen atoms in total. The van der Waals surface area contributed by atoms with E-state index in [2.05, 4.69) is 15.2 Å². The zero-order chi connectivity index (χ0) is 12.0. The molecule has 4 N–H and O–H groups in total. The summed E-state index contributed by atoms with van der Waals surface area (Å²) in [6.07, 6.45) is -0.838. The molecule has 0 fully saturated rings. The Morgan fingerprint density at radius 3 is 2.94 bits per heavy atom. The second-order valence-corrected chi connectivity index (χ2v) is 2.83. The first-order chi connectivity index (χ1) is 7.59. The van der Waals surface area contributed by atoms with Crippen molar-refractivity contribution in [3.05, 3.63) is 17.5 Å². The maximum atomic E-state index is 10.5. The van der Waals surface area contributed by atoms with E-state index in [1.165, 1.54) is 6.07 Å². The number of amides is 1. The van der Waals surface area contributed by atoms with Gasteiger partial charge in [-0.05, 0) is 0 Å². The first-order valence-corrected chi connectivity index (χ1v) is 4.41. The summed E-state index contributed by atoms with van der Waals surface area (Å²) in [5, 5.41) is 14.7. The molecule has 0 aromatic carbocycles. The summed E-state index contributed by atoms with van der Waals surface area (Å²) < 4.78 is 9.19. The van der Waals surface area contributed by atoms with E-state index in [0.717, 1.165) is 0 Å². The van der Waals surface area contributed by atoms with Crippen molar-refractivity contribution in [3.8, 4) is 0 Å². The molecule has 1 rings (SSSR count). The average Bonchev–Trinajstić information content (AvgIpc) is 2.65. The molecule has 1 aromatic heterocycles. The molecule has 0 unspecified atom stereocenters. The van der Waals surface area contributed by atoms with Crippen molar-refractivity contribution in [1.29, 1.82) is 0 Å². The summed E-state index contributed by atoms with van der Waals surface area (Å²) in [6.45, 7) is 0.809. The van der Waals surface area contributed by atoms with Crippen molar-refractivity contribution in [2.24, 2.45) is 5.73 Å². The van der Waals surface area contributed by atoms with Crippen LogP contribution in [0.4, 0.5) is 4.79 Å². The highest BCUT2D eigenvalue weighted by Gasteiger charge is 2.09. The number of ether oxygens (including phenoxy) is 1. The Kier molecular flexibility index (Phi) is 4.28. The summed E-state index contributed by atoms with van der Waals surface area (Å²) in [7, 11) is 0. The third-order valence-electron chi connectivity index (χ3n) is 1.60. The first-order valence-electron chi connectivity index (χ1n) is 4.41. The van der Waals surface area contributed by atoms with Gasteiger partial charge in [0, 0.05) is 12.6 Å². The number of carboxylic acid groups (broad SMARTS) is 1. The normalized spacial score (nSPS) is 10.0. The van der Waals surface area contributed by atoms with Crippen LogP contribution in [0, 0.1) is 0 Å². The van der Waals surface area contributed by atoms with Crippen LogP contribution >= 0.6 is 0 Å². The van der Waals surface area contributed by atoms with Gasteiger partial charge >= 0.3 is 12.1 Å². The van der Waals surface area contributed by atoms with Crippen LogP contribution in [0.15, 0.2) is 10.6 Å². The van der Waals surface area contributed by atoms with E-state index in [-0.39, 0.29) is 12.3 Å². The number of carbonyl (C=O) groups excluding carboxylic acids is 1. The largest absolute Gasteiger partial charge is 0.476 e. The molecule has 0 spiro atoms. The molecule has 88 valence electrons. The Labute approximate surface area is 90.3 Å². The van der Waals surface area contributed by atoms with Crippen molar-refractivity contribution in [3.63, 3.8) is 0 Å². The number of nitrogens with two attached hydrogens (primary N) is 1. The smallest absolute Gasteiger partial charge is 0.404 e. The maximum Gasteiger partial charge on any atom is 0.404 e. The second-order valence-electron chi connectivity index (χ2n) is 2.83. The number of hydrogen-bond acceptors (Lipinski definition) is 6. The Morgan fingerprint density at radius 2 is 2.38 bits per heavy atom. The molecular formula is C8H11N3O5. The lowest BCUT2D eigenvalue weighted by molar-refractivity contribution is 0.0685. The van der Waals surface area contributed by atoms with Gasteiger partial charge in [0.15, 0.2) is 11.5 Å². The number of hydrogen-bond donors (Lipinski definition) is 3. The molecule has 0 aliphatic heterocycles. The van der Waals surface area contributed by atoms with Crippen LogP contribution in [0.1, 0.15) is 16.2 Å². The highest BCUT2D eigenvalue weighted by atomic mass is 16.5. The molecule has 1 aromatic rings. The standard InChI is InChI=1S/C8H11N3O5/c9-8(14)15-2-1-10-4-5-3-6(7(12)13)11-16-5/h3,10H,1-2,4H2,(H2,9,14)(H,12,13). The Morgan fingerprint density at radius 1 is 1.62 bits per heavy atom. The van der Waals surface area contributed by atoms with Crippen LogP contribution in [-0.2, 0) is 11.3 Å². The van der Waals surface area contributed by atoms with E-state index < -0.39 is 12.1 Å². The summed E-state index contributed by atoms with van der Waals surface area (Å²) in [6, 6.07) is 1.31. The van der Waals surface area contributed by atoms with Crippen LogP contribution in [-0.4, -0.2) is 35.5 Å². The maximum absolute atomic E-state index is 10.5. The van der Waals surface area contributed by atoms with E-state index in [4.69, 9.17) is 15.4 Å². The van der Waals surface area contributed by atoms with Gasteiger partial charge in [0.25, 0.3) is 0 Å². The molecule has 0 saturated heterocycles. The number of carbonyl (C=O) groups is 2. The number of rotatable bonds is 6. The molecule has 0 saturated carbocycles. The fraction of sp³-hybridized carbons (Fsp3) is 0.375. The molecule has 0 bridgehead atoms. The van der Waals surface area contributed by atoms with Crippen molar-refractivity contribution >= 4 is 12.1 Å². The molecule has 0 atom stereocenters. The van der Waals surface area contributed by atoms with Crippen molar-refractivity contribution in [1.82, 2.24) is 10.5 Å². The number of nitrogens with zero attached hydrogens (tertiary/aromatic N) is 1. The predicted octanol–water partition coefficient (Wildman–Crippen LogP) is -0.442. The predicted molar refractivity (Wildman–Crippen MR) is 50.7 cm³/mol. The molecular weight excluding hydrogens is 218 g/mol. The van der Waals surface area contributed by atoms with Gasteiger partial charge in [-0.3, -0.25) is 0 Å². The topological polar surface area (TPSA) is 128 Å². The van der Waals surface area contributed by atoms with Crippen molar-refractivity contribution < 1.29 is 24.0 Å². The lowest BCUT2D eigenvalue weighted by atomic mass is 10.3. The number of nitrogens with one attached hydrogen (secondary N) is 1. The van der Waals surface area contributed by atoms with Gasteiger partial charge in [0.2, 0.25) is 0 Å². The van der Waals surface area contributed by atoms with Crippen LogP contribution < -0.4 is 11.1 Å². The summed E-state index contributed by atoms with van der Waals surface area (Å²) in [5.41, 5.74) is 4.59. The van der Waals surface area contributed by atoms with Crippen LogP contribution in [0.3, 0.4) is 0 Å².